The molecule has 0 amide bonds. The van der Waals surface area contributed by atoms with Crippen molar-refractivity contribution in [1.82, 2.24) is 5.32 Å². The van der Waals surface area contributed by atoms with E-state index in [0.717, 1.165) is 24.3 Å². The Morgan fingerprint density at radius 3 is 2.67 bits per heavy atom. The number of hydrogen-bond acceptors (Lipinski definition) is 2. The van der Waals surface area contributed by atoms with Crippen LogP contribution in [0.25, 0.3) is 0 Å². The molecule has 1 unspecified atom stereocenters. The van der Waals surface area contributed by atoms with Crippen molar-refractivity contribution in [1.29, 1.82) is 0 Å². The molecule has 21 heavy (non-hydrogen) atoms. The third-order valence-electron chi connectivity index (χ3n) is 3.98. The Balaban J connectivity index is 1.92. The molecule has 1 heterocycles. The van der Waals surface area contributed by atoms with Gasteiger partial charge in [-0.2, -0.15) is 0 Å². The molecular weight excluding hydrogens is 272 g/mol. The van der Waals surface area contributed by atoms with Gasteiger partial charge < -0.3 is 10.1 Å². The zero-order valence-corrected chi connectivity index (χ0v) is 11.8. The number of methoxy groups -OCH3 is 1. The summed E-state index contributed by atoms with van der Waals surface area (Å²) in [5.41, 5.74) is 2.40. The van der Waals surface area contributed by atoms with Crippen LogP contribution in [-0.2, 0) is 12.8 Å². The lowest BCUT2D eigenvalue weighted by Crippen LogP contribution is -2.31. The molecule has 1 aliphatic rings. The number of fused-ring (bicyclic) bond motifs is 1. The lowest BCUT2D eigenvalue weighted by atomic mass is 9.90. The fraction of sp³-hybridized carbons (Fsp3) is 0.294. The van der Waals surface area contributed by atoms with Gasteiger partial charge in [0.05, 0.1) is 7.11 Å². The largest absolute Gasteiger partial charge is 0.497 e. The first-order chi connectivity index (χ1) is 10.2. The smallest absolute Gasteiger partial charge is 0.129 e. The van der Waals surface area contributed by atoms with Crippen molar-refractivity contribution in [2.75, 3.05) is 13.7 Å². The summed E-state index contributed by atoms with van der Waals surface area (Å²) in [6.07, 6.45) is 1.20. The number of nitrogens with one attached hydrogen (secondary N) is 1. The maximum absolute atomic E-state index is 13.8. The number of rotatable bonds is 3. The fourth-order valence-electron chi connectivity index (χ4n) is 2.87. The van der Waals surface area contributed by atoms with Crippen LogP contribution in [0.2, 0.25) is 0 Å². The zero-order chi connectivity index (χ0) is 14.8. The van der Waals surface area contributed by atoms with Gasteiger partial charge in [-0.3, -0.25) is 0 Å². The van der Waals surface area contributed by atoms with Crippen LogP contribution < -0.4 is 10.1 Å². The maximum Gasteiger partial charge on any atom is 0.129 e. The van der Waals surface area contributed by atoms with Gasteiger partial charge in [0.25, 0.3) is 0 Å². The number of ether oxygens (including phenoxy) is 1. The molecule has 3 rings (SSSR count). The second-order valence-corrected chi connectivity index (χ2v) is 5.23. The van der Waals surface area contributed by atoms with E-state index in [1.807, 2.05) is 18.2 Å². The second-order valence-electron chi connectivity index (χ2n) is 5.23. The molecule has 0 saturated carbocycles. The van der Waals surface area contributed by atoms with Crippen molar-refractivity contribution >= 4 is 0 Å². The summed E-state index contributed by atoms with van der Waals surface area (Å²) in [5.74, 6) is -0.165. The Morgan fingerprint density at radius 2 is 1.95 bits per heavy atom. The van der Waals surface area contributed by atoms with E-state index in [1.165, 1.54) is 23.8 Å². The van der Waals surface area contributed by atoms with Gasteiger partial charge in [0.1, 0.15) is 17.4 Å². The summed E-state index contributed by atoms with van der Waals surface area (Å²) < 4.78 is 32.9. The number of benzene rings is 2. The van der Waals surface area contributed by atoms with E-state index in [4.69, 9.17) is 4.74 Å². The molecule has 2 nitrogen and oxygen atoms in total. The quantitative estimate of drug-likeness (QED) is 0.935. The molecule has 1 N–H and O–H groups in total. The normalized spacial score (nSPS) is 17.4. The monoisotopic (exact) mass is 289 g/mol. The predicted molar refractivity (Wildman–Crippen MR) is 77.5 cm³/mol. The first kappa shape index (κ1) is 14.0. The first-order valence-corrected chi connectivity index (χ1v) is 7.02. The SMILES string of the molecule is COc1ccc2c(c1)CCNC2Cc1c(F)cccc1F. The van der Waals surface area contributed by atoms with E-state index in [1.54, 1.807) is 7.11 Å². The van der Waals surface area contributed by atoms with Crippen molar-refractivity contribution in [2.45, 2.75) is 18.9 Å². The van der Waals surface area contributed by atoms with Gasteiger partial charge in [0.2, 0.25) is 0 Å². The van der Waals surface area contributed by atoms with Gasteiger partial charge in [-0.1, -0.05) is 12.1 Å². The summed E-state index contributed by atoms with van der Waals surface area (Å²) in [6, 6.07) is 9.78. The van der Waals surface area contributed by atoms with E-state index in [-0.39, 0.29) is 11.6 Å². The minimum Gasteiger partial charge on any atom is -0.497 e. The van der Waals surface area contributed by atoms with E-state index >= 15 is 0 Å². The van der Waals surface area contributed by atoms with Crippen LogP contribution in [0.4, 0.5) is 8.78 Å². The Bertz CT molecular complexity index is 637. The molecule has 0 radical (unpaired) electrons. The van der Waals surface area contributed by atoms with Crippen LogP contribution in [0.15, 0.2) is 36.4 Å². The van der Waals surface area contributed by atoms with Gasteiger partial charge in [0.15, 0.2) is 0 Å². The molecular formula is C17H17F2NO. The Labute approximate surface area is 122 Å². The molecule has 0 spiro atoms. The molecule has 2 aromatic rings. The highest BCUT2D eigenvalue weighted by molar-refractivity contribution is 5.40. The van der Waals surface area contributed by atoms with Crippen LogP contribution >= 0.6 is 0 Å². The summed E-state index contributed by atoms with van der Waals surface area (Å²) in [6.45, 7) is 0.793. The average Bonchev–Trinajstić information content (AvgIpc) is 2.50. The fourth-order valence-corrected chi connectivity index (χ4v) is 2.87. The molecule has 0 aliphatic carbocycles. The van der Waals surface area contributed by atoms with Crippen LogP contribution in [-0.4, -0.2) is 13.7 Å². The molecule has 1 aliphatic heterocycles. The number of halogens is 2. The molecule has 0 fully saturated rings. The molecule has 0 saturated heterocycles. The molecule has 0 bridgehead atoms. The summed E-state index contributed by atoms with van der Waals surface area (Å²) in [5, 5.41) is 3.34. The third-order valence-corrected chi connectivity index (χ3v) is 3.98. The molecule has 1 atom stereocenters. The summed E-state index contributed by atoms with van der Waals surface area (Å²) in [7, 11) is 1.63. The Hall–Kier alpha value is -1.94. The van der Waals surface area contributed by atoms with Gasteiger partial charge in [0, 0.05) is 11.6 Å². The second kappa shape index (κ2) is 5.82. The molecule has 110 valence electrons. The van der Waals surface area contributed by atoms with Gasteiger partial charge in [-0.15, -0.1) is 0 Å². The van der Waals surface area contributed by atoms with E-state index in [2.05, 4.69) is 5.32 Å². The van der Waals surface area contributed by atoms with E-state index in [0.29, 0.717) is 6.42 Å². The maximum atomic E-state index is 13.8. The Kier molecular flexibility index (Phi) is 3.88. The van der Waals surface area contributed by atoms with Gasteiger partial charge in [-0.05, 0) is 54.8 Å². The van der Waals surface area contributed by atoms with E-state index < -0.39 is 11.6 Å². The third kappa shape index (κ3) is 2.76. The van der Waals surface area contributed by atoms with Crippen molar-refractivity contribution in [3.05, 3.63) is 64.7 Å². The lowest BCUT2D eigenvalue weighted by Gasteiger charge is -2.27. The van der Waals surface area contributed by atoms with Crippen molar-refractivity contribution in [3.8, 4) is 5.75 Å². The highest BCUT2D eigenvalue weighted by Gasteiger charge is 2.23. The highest BCUT2D eigenvalue weighted by Crippen LogP contribution is 2.30. The van der Waals surface area contributed by atoms with Crippen LogP contribution in [0.3, 0.4) is 0 Å². The predicted octanol–water partition coefficient (Wildman–Crippen LogP) is 3.40. The minimum atomic E-state index is -0.488. The average molecular weight is 289 g/mol. The van der Waals surface area contributed by atoms with Crippen LogP contribution in [0, 0.1) is 11.6 Å². The lowest BCUT2D eigenvalue weighted by molar-refractivity contribution is 0.411. The topological polar surface area (TPSA) is 21.3 Å². The minimum absolute atomic E-state index is 0.0777. The summed E-state index contributed by atoms with van der Waals surface area (Å²) in [4.78, 5) is 0. The first-order valence-electron chi connectivity index (χ1n) is 7.02. The highest BCUT2D eigenvalue weighted by atomic mass is 19.1. The Morgan fingerprint density at radius 1 is 1.19 bits per heavy atom. The van der Waals surface area contributed by atoms with E-state index in [9.17, 15) is 8.78 Å². The molecule has 4 heteroatoms. The van der Waals surface area contributed by atoms with Crippen LogP contribution in [0.1, 0.15) is 22.7 Å². The van der Waals surface area contributed by atoms with Crippen LogP contribution in [0.5, 0.6) is 5.75 Å². The summed E-state index contributed by atoms with van der Waals surface area (Å²) >= 11 is 0. The van der Waals surface area contributed by atoms with Gasteiger partial charge >= 0.3 is 0 Å². The molecule has 2 aromatic carbocycles. The van der Waals surface area contributed by atoms with Crippen molar-refractivity contribution in [2.24, 2.45) is 0 Å². The number of hydrogen-bond donors (Lipinski definition) is 1. The molecule has 0 aromatic heterocycles. The zero-order valence-electron chi connectivity index (χ0n) is 11.8. The van der Waals surface area contributed by atoms with Gasteiger partial charge in [-0.25, -0.2) is 8.78 Å². The standard InChI is InChI=1S/C17H17F2NO/c1-21-12-5-6-13-11(9-12)7-8-20-17(13)10-14-15(18)3-2-4-16(14)19/h2-6,9,17,20H,7-8,10H2,1H3. The van der Waals surface area contributed by atoms with Crippen molar-refractivity contribution in [3.63, 3.8) is 0 Å². The van der Waals surface area contributed by atoms with Crippen molar-refractivity contribution < 1.29 is 13.5 Å².